The Morgan fingerprint density at radius 2 is 1.81 bits per heavy atom. The van der Waals surface area contributed by atoms with Crippen molar-refractivity contribution in [3.8, 4) is 0 Å². The average molecular weight is 439 g/mol. The number of ether oxygens (including phenoxy) is 1. The van der Waals surface area contributed by atoms with Crippen LogP contribution in [0.3, 0.4) is 0 Å². The first kappa shape index (κ1) is 20.7. The first-order valence-corrected chi connectivity index (χ1v) is 12.6. The van der Waals surface area contributed by atoms with Gasteiger partial charge in [0.25, 0.3) is 0 Å². The second kappa shape index (κ2) is 8.08. The molecule has 5 nitrogen and oxygen atoms in total. The lowest BCUT2D eigenvalue weighted by atomic mass is 9.76. The second-order valence-electron chi connectivity index (χ2n) is 9.06. The summed E-state index contributed by atoms with van der Waals surface area (Å²) in [5.41, 5.74) is 5.08. The standard InChI is InChI=1S/C25H30N2O3S/c1-17(2)19-8-11-24-23(16-19)21-4-3-5-22(21)25(26-24)18-6-9-20(10-7-18)31(28,29)27-12-14-30-15-13-27/h3-4,6-11,16-17,21-22,25-26H,5,12-15H2,1-2H3/t21-,22-,25-/m1/s1. The number of nitrogens with zero attached hydrogens (tertiary/aromatic N) is 1. The summed E-state index contributed by atoms with van der Waals surface area (Å²) in [6, 6.07) is 14.4. The van der Waals surface area contributed by atoms with Crippen molar-refractivity contribution < 1.29 is 13.2 Å². The van der Waals surface area contributed by atoms with Crippen molar-refractivity contribution in [2.45, 2.75) is 43.0 Å². The highest BCUT2D eigenvalue weighted by atomic mass is 32.2. The van der Waals surface area contributed by atoms with Gasteiger partial charge >= 0.3 is 0 Å². The van der Waals surface area contributed by atoms with Gasteiger partial charge in [-0.05, 0) is 53.1 Å². The molecule has 164 valence electrons. The Kier molecular flexibility index (Phi) is 5.40. The summed E-state index contributed by atoms with van der Waals surface area (Å²) in [5.74, 6) is 1.35. The Balaban J connectivity index is 1.43. The van der Waals surface area contributed by atoms with Crippen LogP contribution in [-0.2, 0) is 14.8 Å². The summed E-state index contributed by atoms with van der Waals surface area (Å²) in [7, 11) is -3.47. The number of hydrogen-bond donors (Lipinski definition) is 1. The number of rotatable bonds is 4. The number of morpholine rings is 1. The number of anilines is 1. The summed E-state index contributed by atoms with van der Waals surface area (Å²) in [4.78, 5) is 0.358. The molecule has 0 spiro atoms. The van der Waals surface area contributed by atoms with E-state index in [0.29, 0.717) is 49.0 Å². The summed E-state index contributed by atoms with van der Waals surface area (Å²) in [6.07, 6.45) is 5.67. The molecule has 3 atom stereocenters. The zero-order chi connectivity index (χ0) is 21.6. The zero-order valence-electron chi connectivity index (χ0n) is 18.1. The number of nitrogens with one attached hydrogen (secondary N) is 1. The van der Waals surface area contributed by atoms with E-state index >= 15 is 0 Å². The molecule has 0 amide bonds. The largest absolute Gasteiger partial charge is 0.379 e. The lowest BCUT2D eigenvalue weighted by Gasteiger charge is -2.38. The fourth-order valence-electron chi connectivity index (χ4n) is 5.09. The van der Waals surface area contributed by atoms with Gasteiger partial charge < -0.3 is 10.1 Å². The molecule has 6 heteroatoms. The average Bonchev–Trinajstić information content (AvgIpc) is 3.29. The molecule has 0 saturated carbocycles. The smallest absolute Gasteiger partial charge is 0.243 e. The fraction of sp³-hybridized carbons (Fsp3) is 0.440. The molecule has 0 bridgehead atoms. The second-order valence-corrected chi connectivity index (χ2v) is 11.0. The predicted molar refractivity (Wildman–Crippen MR) is 123 cm³/mol. The molecule has 0 unspecified atom stereocenters. The first-order chi connectivity index (χ1) is 14.9. The van der Waals surface area contributed by atoms with Crippen LogP contribution < -0.4 is 5.32 Å². The van der Waals surface area contributed by atoms with Crippen LogP contribution in [0.5, 0.6) is 0 Å². The SMILES string of the molecule is CC(C)c1ccc2c(c1)[C@@H]1C=CC[C@H]1[C@@H](c1ccc(S(=O)(=O)N3CCOCC3)cc1)N2. The molecule has 1 N–H and O–H groups in total. The summed E-state index contributed by atoms with van der Waals surface area (Å²) in [6.45, 7) is 6.21. The summed E-state index contributed by atoms with van der Waals surface area (Å²) in [5, 5.41) is 3.76. The van der Waals surface area contributed by atoms with Crippen LogP contribution in [0.1, 0.15) is 54.8 Å². The monoisotopic (exact) mass is 438 g/mol. The third-order valence-corrected chi connectivity index (χ3v) is 8.81. The Labute approximate surface area is 185 Å². The van der Waals surface area contributed by atoms with Gasteiger partial charge in [-0.1, -0.05) is 50.3 Å². The van der Waals surface area contributed by atoms with E-state index in [9.17, 15) is 8.42 Å². The molecule has 1 fully saturated rings. The van der Waals surface area contributed by atoms with Gasteiger partial charge in [-0.2, -0.15) is 4.31 Å². The van der Waals surface area contributed by atoms with E-state index in [4.69, 9.17) is 4.74 Å². The van der Waals surface area contributed by atoms with E-state index in [-0.39, 0.29) is 6.04 Å². The molecule has 0 aromatic heterocycles. The molecule has 2 heterocycles. The van der Waals surface area contributed by atoms with Gasteiger partial charge in [-0.25, -0.2) is 8.42 Å². The van der Waals surface area contributed by atoms with Gasteiger partial charge in [0.15, 0.2) is 0 Å². The molecule has 2 aromatic rings. The van der Waals surface area contributed by atoms with E-state index in [0.717, 1.165) is 12.0 Å². The molecule has 1 aliphatic carbocycles. The van der Waals surface area contributed by atoms with Crippen molar-refractivity contribution in [3.63, 3.8) is 0 Å². The van der Waals surface area contributed by atoms with Crippen molar-refractivity contribution in [2.75, 3.05) is 31.6 Å². The highest BCUT2D eigenvalue weighted by molar-refractivity contribution is 7.89. The zero-order valence-corrected chi connectivity index (χ0v) is 18.9. The maximum absolute atomic E-state index is 13.0. The highest BCUT2D eigenvalue weighted by Crippen LogP contribution is 2.50. The maximum Gasteiger partial charge on any atom is 0.243 e. The molecular formula is C25H30N2O3S. The molecular weight excluding hydrogens is 408 g/mol. The van der Waals surface area contributed by atoms with Gasteiger partial charge in [-0.15, -0.1) is 0 Å². The molecule has 2 aliphatic heterocycles. The minimum atomic E-state index is -3.47. The third kappa shape index (κ3) is 3.71. The van der Waals surface area contributed by atoms with Crippen molar-refractivity contribution >= 4 is 15.7 Å². The van der Waals surface area contributed by atoms with E-state index < -0.39 is 10.0 Å². The number of allylic oxidation sites excluding steroid dienone is 2. The summed E-state index contributed by atoms with van der Waals surface area (Å²) >= 11 is 0. The van der Waals surface area contributed by atoms with Crippen molar-refractivity contribution in [1.82, 2.24) is 4.31 Å². The minimum absolute atomic E-state index is 0.164. The lowest BCUT2D eigenvalue weighted by molar-refractivity contribution is 0.0730. The fourth-order valence-corrected chi connectivity index (χ4v) is 6.49. The van der Waals surface area contributed by atoms with Gasteiger partial charge in [-0.3, -0.25) is 0 Å². The topological polar surface area (TPSA) is 58.6 Å². The molecule has 0 radical (unpaired) electrons. The number of benzene rings is 2. The van der Waals surface area contributed by atoms with Crippen LogP contribution in [0.15, 0.2) is 59.5 Å². The maximum atomic E-state index is 13.0. The molecule has 31 heavy (non-hydrogen) atoms. The Morgan fingerprint density at radius 3 is 2.52 bits per heavy atom. The number of hydrogen-bond acceptors (Lipinski definition) is 4. The minimum Gasteiger partial charge on any atom is -0.379 e. The Hall–Kier alpha value is -2.15. The highest BCUT2D eigenvalue weighted by Gasteiger charge is 2.38. The Bertz CT molecular complexity index is 1090. The predicted octanol–water partition coefficient (Wildman–Crippen LogP) is 4.66. The van der Waals surface area contributed by atoms with Crippen molar-refractivity contribution in [1.29, 1.82) is 0 Å². The molecule has 5 rings (SSSR count). The molecule has 3 aliphatic rings. The van der Waals surface area contributed by atoms with Gasteiger partial charge in [0.2, 0.25) is 10.0 Å². The molecule has 2 aromatic carbocycles. The van der Waals surface area contributed by atoms with Crippen LogP contribution in [0.2, 0.25) is 0 Å². The van der Waals surface area contributed by atoms with Gasteiger partial charge in [0, 0.05) is 24.7 Å². The Morgan fingerprint density at radius 1 is 1.06 bits per heavy atom. The molecule has 1 saturated heterocycles. The first-order valence-electron chi connectivity index (χ1n) is 11.2. The van der Waals surface area contributed by atoms with Crippen molar-refractivity contribution in [3.05, 3.63) is 71.3 Å². The third-order valence-electron chi connectivity index (χ3n) is 6.90. The van der Waals surface area contributed by atoms with Crippen LogP contribution in [-0.4, -0.2) is 39.0 Å². The van der Waals surface area contributed by atoms with E-state index in [1.54, 1.807) is 12.1 Å². The van der Waals surface area contributed by atoms with Crippen LogP contribution >= 0.6 is 0 Å². The van der Waals surface area contributed by atoms with Crippen molar-refractivity contribution in [2.24, 2.45) is 5.92 Å². The van der Waals surface area contributed by atoms with Gasteiger partial charge in [0.05, 0.1) is 24.2 Å². The van der Waals surface area contributed by atoms with Crippen LogP contribution in [0, 0.1) is 5.92 Å². The van der Waals surface area contributed by atoms with Crippen LogP contribution in [0.4, 0.5) is 5.69 Å². The van der Waals surface area contributed by atoms with Gasteiger partial charge in [0.1, 0.15) is 0 Å². The number of sulfonamides is 1. The van der Waals surface area contributed by atoms with Crippen LogP contribution in [0.25, 0.3) is 0 Å². The lowest BCUT2D eigenvalue weighted by Crippen LogP contribution is -2.40. The van der Waals surface area contributed by atoms with E-state index in [1.165, 1.54) is 21.1 Å². The number of fused-ring (bicyclic) bond motifs is 3. The normalized spacial score (nSPS) is 25.8. The van der Waals surface area contributed by atoms with E-state index in [1.807, 2.05) is 12.1 Å². The quantitative estimate of drug-likeness (QED) is 0.706. The summed E-state index contributed by atoms with van der Waals surface area (Å²) < 4.78 is 32.7. The van der Waals surface area contributed by atoms with E-state index in [2.05, 4.69) is 49.5 Å².